The molecular weight excluding hydrogens is 396 g/mol. The number of hydrogen-bond acceptors (Lipinski definition) is 5. The fourth-order valence-corrected chi connectivity index (χ4v) is 2.45. The Morgan fingerprint density at radius 2 is 1.96 bits per heavy atom. The van der Waals surface area contributed by atoms with Gasteiger partial charge in [0.1, 0.15) is 11.4 Å². The van der Waals surface area contributed by atoms with E-state index in [9.17, 15) is 8.78 Å². The monoisotopic (exact) mass is 401 g/mol. The van der Waals surface area contributed by atoms with E-state index in [1.807, 2.05) is 0 Å². The van der Waals surface area contributed by atoms with Gasteiger partial charge in [-0.05, 0) is 28.1 Å². The Bertz CT molecular complexity index is 827. The van der Waals surface area contributed by atoms with E-state index < -0.39 is 12.2 Å². The molecule has 0 radical (unpaired) electrons. The van der Waals surface area contributed by atoms with Crippen molar-refractivity contribution in [3.63, 3.8) is 0 Å². The van der Waals surface area contributed by atoms with Crippen molar-refractivity contribution in [1.29, 1.82) is 0 Å². The summed E-state index contributed by atoms with van der Waals surface area (Å²) < 4.78 is 36.2. The average Bonchev–Trinajstić information content (AvgIpc) is 2.99. The number of aromatic nitrogens is 3. The van der Waals surface area contributed by atoms with Crippen LogP contribution in [-0.2, 0) is 0 Å². The van der Waals surface area contributed by atoms with Crippen molar-refractivity contribution in [3.05, 3.63) is 51.9 Å². The minimum Gasteiger partial charge on any atom is -0.424 e. The molecule has 1 aromatic carbocycles. The smallest absolute Gasteiger partial charge is 0.321 e. The molecule has 118 valence electrons. The Morgan fingerprint density at radius 3 is 2.61 bits per heavy atom. The van der Waals surface area contributed by atoms with E-state index in [4.69, 9.17) is 16.3 Å². The van der Waals surface area contributed by atoms with Crippen molar-refractivity contribution in [2.45, 2.75) is 6.43 Å². The summed E-state index contributed by atoms with van der Waals surface area (Å²) >= 11 is 9.06. The molecular formula is C14H7BrClF2N3O2. The van der Waals surface area contributed by atoms with Crippen LogP contribution in [0.15, 0.2) is 45.7 Å². The van der Waals surface area contributed by atoms with E-state index >= 15 is 0 Å². The van der Waals surface area contributed by atoms with Gasteiger partial charge in [0, 0.05) is 10.5 Å². The molecule has 3 rings (SSSR count). The molecule has 0 N–H and O–H groups in total. The van der Waals surface area contributed by atoms with Crippen molar-refractivity contribution in [2.75, 3.05) is 0 Å². The van der Waals surface area contributed by atoms with Gasteiger partial charge in [0.2, 0.25) is 5.76 Å². The first-order valence-electron chi connectivity index (χ1n) is 6.23. The van der Waals surface area contributed by atoms with Gasteiger partial charge in [-0.2, -0.15) is 0 Å². The van der Waals surface area contributed by atoms with Gasteiger partial charge >= 0.3 is 6.01 Å². The summed E-state index contributed by atoms with van der Waals surface area (Å²) in [7, 11) is 0. The molecule has 0 saturated heterocycles. The van der Waals surface area contributed by atoms with Gasteiger partial charge in [-0.1, -0.05) is 22.8 Å². The Labute approximate surface area is 142 Å². The highest BCUT2D eigenvalue weighted by atomic mass is 79.9. The minimum absolute atomic E-state index is 0.0614. The molecule has 0 aliphatic rings. The third kappa shape index (κ3) is 3.48. The van der Waals surface area contributed by atoms with Gasteiger partial charge in [0.25, 0.3) is 6.43 Å². The Morgan fingerprint density at radius 1 is 1.22 bits per heavy atom. The van der Waals surface area contributed by atoms with Crippen molar-refractivity contribution >= 4 is 27.5 Å². The van der Waals surface area contributed by atoms with Crippen molar-refractivity contribution < 1.29 is 18.0 Å². The molecule has 0 atom stereocenters. The third-order valence-electron chi connectivity index (χ3n) is 2.77. The van der Waals surface area contributed by atoms with Crippen LogP contribution in [0.4, 0.5) is 8.78 Å². The number of hydrogen-bond donors (Lipinski definition) is 0. The second-order valence-electron chi connectivity index (χ2n) is 4.31. The Hall–Kier alpha value is -2.06. The topological polar surface area (TPSA) is 61.0 Å². The van der Waals surface area contributed by atoms with Crippen LogP contribution in [0.5, 0.6) is 11.8 Å². The predicted octanol–water partition coefficient (Wildman–Crippen LogP) is 5.28. The van der Waals surface area contributed by atoms with E-state index in [1.54, 1.807) is 18.2 Å². The lowest BCUT2D eigenvalue weighted by molar-refractivity contribution is 0.112. The summed E-state index contributed by atoms with van der Waals surface area (Å²) in [6.07, 6.45) is 0.0155. The lowest BCUT2D eigenvalue weighted by Crippen LogP contribution is -1.94. The molecule has 9 heteroatoms. The molecule has 2 heterocycles. The Balaban J connectivity index is 2.00. The quantitative estimate of drug-likeness (QED) is 0.594. The van der Waals surface area contributed by atoms with Crippen LogP contribution in [0.3, 0.4) is 0 Å². The molecule has 0 spiro atoms. The predicted molar refractivity (Wildman–Crippen MR) is 81.7 cm³/mol. The van der Waals surface area contributed by atoms with Gasteiger partial charge < -0.3 is 9.26 Å². The zero-order valence-corrected chi connectivity index (χ0v) is 13.6. The summed E-state index contributed by atoms with van der Waals surface area (Å²) in [4.78, 5) is 7.85. The zero-order chi connectivity index (χ0) is 16.4. The first-order chi connectivity index (χ1) is 11.0. The maximum absolute atomic E-state index is 12.7. The van der Waals surface area contributed by atoms with E-state index in [0.29, 0.717) is 20.8 Å². The molecule has 2 aromatic heterocycles. The van der Waals surface area contributed by atoms with Crippen LogP contribution < -0.4 is 4.74 Å². The van der Waals surface area contributed by atoms with Crippen molar-refractivity contribution in [1.82, 2.24) is 15.1 Å². The number of halogens is 4. The fraction of sp³-hybridized carbons (Fsp3) is 0.0714. The summed E-state index contributed by atoms with van der Waals surface area (Å²) in [5, 5.41) is 4.02. The average molecular weight is 403 g/mol. The highest BCUT2D eigenvalue weighted by molar-refractivity contribution is 9.10. The molecule has 0 amide bonds. The van der Waals surface area contributed by atoms with Crippen LogP contribution in [0, 0.1) is 0 Å². The van der Waals surface area contributed by atoms with Crippen LogP contribution >= 0.6 is 27.5 Å². The van der Waals surface area contributed by atoms with Crippen LogP contribution in [0.25, 0.3) is 11.3 Å². The number of ether oxygens (including phenoxy) is 1. The van der Waals surface area contributed by atoms with Crippen LogP contribution in [0.2, 0.25) is 5.02 Å². The van der Waals surface area contributed by atoms with Gasteiger partial charge in [0.05, 0.1) is 23.0 Å². The van der Waals surface area contributed by atoms with E-state index in [1.165, 1.54) is 12.4 Å². The molecule has 23 heavy (non-hydrogen) atoms. The second kappa shape index (κ2) is 6.59. The summed E-state index contributed by atoms with van der Waals surface area (Å²) in [6.45, 7) is 0. The first-order valence-corrected chi connectivity index (χ1v) is 7.40. The summed E-state index contributed by atoms with van der Waals surface area (Å²) in [5.74, 6) is -0.194. The Kier molecular flexibility index (Phi) is 4.53. The maximum Gasteiger partial charge on any atom is 0.321 e. The van der Waals surface area contributed by atoms with Gasteiger partial charge in [-0.25, -0.2) is 18.7 Å². The largest absolute Gasteiger partial charge is 0.424 e. The first kappa shape index (κ1) is 15.8. The lowest BCUT2D eigenvalue weighted by Gasteiger charge is -2.09. The van der Waals surface area contributed by atoms with Gasteiger partial charge in [-0.3, -0.25) is 0 Å². The van der Waals surface area contributed by atoms with Crippen LogP contribution in [0.1, 0.15) is 12.2 Å². The second-order valence-corrected chi connectivity index (χ2v) is 5.60. The third-order valence-corrected chi connectivity index (χ3v) is 3.63. The van der Waals surface area contributed by atoms with Crippen molar-refractivity contribution in [3.8, 4) is 23.0 Å². The molecule has 0 aliphatic carbocycles. The number of nitrogens with zero attached hydrogens (tertiary/aromatic N) is 3. The van der Waals surface area contributed by atoms with E-state index in [2.05, 4.69) is 35.6 Å². The fourth-order valence-electron chi connectivity index (χ4n) is 1.80. The van der Waals surface area contributed by atoms with Gasteiger partial charge in [0.15, 0.2) is 0 Å². The highest BCUT2D eigenvalue weighted by Gasteiger charge is 2.20. The molecule has 0 unspecified atom stereocenters. The maximum atomic E-state index is 12.7. The SMILES string of the molecule is FC(F)c1cc(-c2c(Br)cccc2Oc2ncc(Cl)cn2)no1. The molecule has 5 nitrogen and oxygen atoms in total. The molecule has 0 fully saturated rings. The van der Waals surface area contributed by atoms with E-state index in [-0.39, 0.29) is 11.7 Å². The summed E-state index contributed by atoms with van der Waals surface area (Å²) in [5.41, 5.74) is 0.651. The van der Waals surface area contributed by atoms with Crippen LogP contribution in [-0.4, -0.2) is 15.1 Å². The van der Waals surface area contributed by atoms with Crippen molar-refractivity contribution in [2.24, 2.45) is 0 Å². The lowest BCUT2D eigenvalue weighted by atomic mass is 10.1. The number of alkyl halides is 2. The minimum atomic E-state index is -2.75. The number of rotatable bonds is 4. The molecule has 0 saturated carbocycles. The molecule has 0 bridgehead atoms. The zero-order valence-electron chi connectivity index (χ0n) is 11.2. The molecule has 0 aliphatic heterocycles. The standard InChI is InChI=1S/C14H7BrClF2N3O2/c15-8-2-1-3-10(22-14-19-5-7(16)6-20-14)12(8)9-4-11(13(17)18)23-21-9/h1-6,13H. The number of benzene rings is 1. The molecule has 3 aromatic rings. The normalized spacial score (nSPS) is 11.0. The van der Waals surface area contributed by atoms with E-state index in [0.717, 1.165) is 6.07 Å². The van der Waals surface area contributed by atoms with Gasteiger partial charge in [-0.15, -0.1) is 0 Å². The summed E-state index contributed by atoms with van der Waals surface area (Å²) in [6, 6.07) is 6.29. The highest BCUT2D eigenvalue weighted by Crippen LogP contribution is 2.38.